The van der Waals surface area contributed by atoms with Crippen LogP contribution in [0.2, 0.25) is 0 Å². The molecular formula is C10H10N4O2. The van der Waals surface area contributed by atoms with E-state index in [1.165, 1.54) is 6.20 Å². The fraction of sp³-hybridized carbons (Fsp3) is 0.100. The number of nitrogens with zero attached hydrogens (tertiary/aromatic N) is 2. The van der Waals surface area contributed by atoms with Crippen LogP contribution < -0.4 is 10.3 Å². The molecular weight excluding hydrogens is 208 g/mol. The molecule has 0 atom stereocenters. The zero-order valence-electron chi connectivity index (χ0n) is 8.60. The van der Waals surface area contributed by atoms with E-state index in [-0.39, 0.29) is 11.2 Å². The smallest absolute Gasteiger partial charge is 0.291 e. The Morgan fingerprint density at radius 3 is 2.88 bits per heavy atom. The van der Waals surface area contributed by atoms with Crippen molar-refractivity contribution in [2.75, 3.05) is 7.11 Å². The Hall–Kier alpha value is -2.37. The summed E-state index contributed by atoms with van der Waals surface area (Å²) in [6.07, 6.45) is 1.45. The van der Waals surface area contributed by atoms with Gasteiger partial charge in [0.2, 0.25) is 0 Å². The molecule has 0 amide bonds. The first-order chi connectivity index (χ1) is 7.79. The number of methoxy groups -OCH3 is 1. The molecule has 16 heavy (non-hydrogen) atoms. The highest BCUT2D eigenvalue weighted by molar-refractivity contribution is 5.43. The Morgan fingerprint density at radius 1 is 1.31 bits per heavy atom. The first-order valence-corrected chi connectivity index (χ1v) is 4.61. The van der Waals surface area contributed by atoms with E-state index in [9.17, 15) is 4.79 Å². The highest BCUT2D eigenvalue weighted by Crippen LogP contribution is 2.20. The number of ether oxygens (including phenoxy) is 1. The zero-order chi connectivity index (χ0) is 11.4. The third-order valence-electron chi connectivity index (χ3n) is 1.95. The lowest BCUT2D eigenvalue weighted by Gasteiger charge is -1.98. The lowest BCUT2D eigenvalue weighted by atomic mass is 10.3. The van der Waals surface area contributed by atoms with Gasteiger partial charge in [0.15, 0.2) is 5.69 Å². The highest BCUT2D eigenvalue weighted by atomic mass is 16.5. The third kappa shape index (κ3) is 2.17. The van der Waals surface area contributed by atoms with Crippen LogP contribution >= 0.6 is 0 Å². The van der Waals surface area contributed by atoms with Crippen LogP contribution in [0.4, 0.5) is 11.4 Å². The maximum atomic E-state index is 11.1. The second-order valence-electron chi connectivity index (χ2n) is 3.03. The molecule has 1 aromatic carbocycles. The van der Waals surface area contributed by atoms with E-state index in [0.717, 1.165) is 0 Å². The summed E-state index contributed by atoms with van der Waals surface area (Å²) in [6, 6.07) is 7.11. The Balaban J connectivity index is 2.24. The van der Waals surface area contributed by atoms with Crippen molar-refractivity contribution in [2.45, 2.75) is 0 Å². The standard InChI is InChI=1S/C10H10N4O2/c1-16-8-4-2-3-7(5-8)12-13-9-6-11-14-10(9)15/h2-6H,1H3,(H2,11,14,15). The van der Waals surface area contributed by atoms with Crippen molar-refractivity contribution in [3.8, 4) is 5.75 Å². The molecule has 1 aromatic heterocycles. The number of aromatic amines is 2. The topological polar surface area (TPSA) is 82.6 Å². The van der Waals surface area contributed by atoms with E-state index in [0.29, 0.717) is 11.4 Å². The average Bonchev–Trinajstić information content (AvgIpc) is 2.72. The van der Waals surface area contributed by atoms with Crippen LogP contribution in [0.3, 0.4) is 0 Å². The van der Waals surface area contributed by atoms with Gasteiger partial charge >= 0.3 is 0 Å². The molecule has 2 N–H and O–H groups in total. The minimum absolute atomic E-state index is 0.239. The van der Waals surface area contributed by atoms with Gasteiger partial charge in [-0.15, -0.1) is 5.11 Å². The van der Waals surface area contributed by atoms with Gasteiger partial charge in [-0.3, -0.25) is 9.89 Å². The molecule has 2 aromatic rings. The van der Waals surface area contributed by atoms with Crippen LogP contribution in [0, 0.1) is 0 Å². The first kappa shape index (κ1) is 10.2. The van der Waals surface area contributed by atoms with E-state index in [4.69, 9.17) is 4.74 Å². The third-order valence-corrected chi connectivity index (χ3v) is 1.95. The monoisotopic (exact) mass is 218 g/mol. The van der Waals surface area contributed by atoms with Gasteiger partial charge in [-0.05, 0) is 12.1 Å². The summed E-state index contributed by atoms with van der Waals surface area (Å²) in [7, 11) is 1.58. The number of aromatic nitrogens is 2. The number of hydrogen-bond donors (Lipinski definition) is 2. The molecule has 0 bridgehead atoms. The first-order valence-electron chi connectivity index (χ1n) is 4.61. The fourth-order valence-electron chi connectivity index (χ4n) is 1.16. The van der Waals surface area contributed by atoms with Crippen LogP contribution in [0.5, 0.6) is 5.75 Å². The number of rotatable bonds is 3. The Bertz CT molecular complexity index is 556. The molecule has 2 rings (SSSR count). The van der Waals surface area contributed by atoms with Crippen molar-refractivity contribution in [3.05, 3.63) is 40.8 Å². The van der Waals surface area contributed by atoms with Gasteiger partial charge in [0.05, 0.1) is 19.0 Å². The van der Waals surface area contributed by atoms with Crippen molar-refractivity contribution in [1.29, 1.82) is 0 Å². The normalized spacial score (nSPS) is 10.8. The van der Waals surface area contributed by atoms with Crippen LogP contribution in [0.25, 0.3) is 0 Å². The summed E-state index contributed by atoms with van der Waals surface area (Å²) in [5.74, 6) is 0.694. The molecule has 82 valence electrons. The lowest BCUT2D eigenvalue weighted by molar-refractivity contribution is 0.415. The van der Waals surface area contributed by atoms with Gasteiger partial charge in [-0.25, -0.2) is 0 Å². The fourth-order valence-corrected chi connectivity index (χ4v) is 1.16. The van der Waals surface area contributed by atoms with Crippen molar-refractivity contribution < 1.29 is 4.74 Å². The molecule has 6 heteroatoms. The summed E-state index contributed by atoms with van der Waals surface area (Å²) in [6.45, 7) is 0. The molecule has 1 heterocycles. The molecule has 6 nitrogen and oxygen atoms in total. The van der Waals surface area contributed by atoms with Gasteiger partial charge in [0.25, 0.3) is 5.56 Å². The van der Waals surface area contributed by atoms with E-state index in [1.807, 2.05) is 6.07 Å². The largest absolute Gasteiger partial charge is 0.497 e. The van der Waals surface area contributed by atoms with E-state index in [1.54, 1.807) is 25.3 Å². The number of nitrogens with one attached hydrogen (secondary N) is 2. The van der Waals surface area contributed by atoms with Gasteiger partial charge in [0, 0.05) is 6.07 Å². The maximum Gasteiger partial charge on any atom is 0.291 e. The molecule has 0 aliphatic heterocycles. The predicted molar refractivity (Wildman–Crippen MR) is 58.6 cm³/mol. The second kappa shape index (κ2) is 4.43. The SMILES string of the molecule is COc1cccc(N=Nc2c[nH][nH]c2=O)c1. The summed E-state index contributed by atoms with van der Waals surface area (Å²) in [5, 5.41) is 12.6. The molecule has 0 spiro atoms. The molecule has 0 fully saturated rings. The van der Waals surface area contributed by atoms with Crippen molar-refractivity contribution in [3.63, 3.8) is 0 Å². The van der Waals surface area contributed by atoms with Crippen LogP contribution in [0.15, 0.2) is 45.5 Å². The lowest BCUT2D eigenvalue weighted by Crippen LogP contribution is -1.96. The summed E-state index contributed by atoms with van der Waals surface area (Å²) >= 11 is 0. The highest BCUT2D eigenvalue weighted by Gasteiger charge is 1.97. The number of hydrogen-bond acceptors (Lipinski definition) is 4. The summed E-state index contributed by atoms with van der Waals surface area (Å²) in [5.41, 5.74) is 0.564. The number of azo groups is 1. The van der Waals surface area contributed by atoms with Gasteiger partial charge in [0.1, 0.15) is 5.75 Å². The molecule has 0 radical (unpaired) electrons. The molecule has 0 aliphatic rings. The van der Waals surface area contributed by atoms with Crippen LogP contribution in [0.1, 0.15) is 0 Å². The van der Waals surface area contributed by atoms with E-state index in [2.05, 4.69) is 20.4 Å². The number of H-pyrrole nitrogens is 2. The Labute approximate surface area is 91.0 Å². The maximum absolute atomic E-state index is 11.1. The summed E-state index contributed by atoms with van der Waals surface area (Å²) < 4.78 is 5.04. The van der Waals surface area contributed by atoms with E-state index < -0.39 is 0 Å². The minimum Gasteiger partial charge on any atom is -0.497 e. The van der Waals surface area contributed by atoms with Crippen LogP contribution in [-0.4, -0.2) is 17.3 Å². The van der Waals surface area contributed by atoms with Crippen LogP contribution in [-0.2, 0) is 0 Å². The molecule has 0 saturated carbocycles. The van der Waals surface area contributed by atoms with Gasteiger partial charge in [-0.1, -0.05) is 6.07 Å². The van der Waals surface area contributed by atoms with Gasteiger partial charge in [-0.2, -0.15) is 5.11 Å². The molecule has 0 aliphatic carbocycles. The number of benzene rings is 1. The van der Waals surface area contributed by atoms with E-state index >= 15 is 0 Å². The summed E-state index contributed by atoms with van der Waals surface area (Å²) in [4.78, 5) is 11.1. The molecule has 0 saturated heterocycles. The van der Waals surface area contributed by atoms with Gasteiger partial charge < -0.3 is 9.84 Å². The quantitative estimate of drug-likeness (QED) is 0.773. The van der Waals surface area contributed by atoms with Crippen molar-refractivity contribution in [1.82, 2.24) is 10.2 Å². The Kier molecular flexibility index (Phi) is 2.81. The predicted octanol–water partition coefficient (Wildman–Crippen LogP) is 2.13. The average molecular weight is 218 g/mol. The Morgan fingerprint density at radius 2 is 2.19 bits per heavy atom. The van der Waals surface area contributed by atoms with Crippen molar-refractivity contribution in [2.24, 2.45) is 10.2 Å². The molecule has 0 unspecified atom stereocenters. The zero-order valence-corrected chi connectivity index (χ0v) is 8.60. The van der Waals surface area contributed by atoms with Crippen molar-refractivity contribution >= 4 is 11.4 Å². The second-order valence-corrected chi connectivity index (χ2v) is 3.03. The minimum atomic E-state index is -0.299.